The van der Waals surface area contributed by atoms with Gasteiger partial charge in [-0.2, -0.15) is 12.6 Å². The van der Waals surface area contributed by atoms with Crippen molar-refractivity contribution in [2.45, 2.75) is 63.7 Å². The summed E-state index contributed by atoms with van der Waals surface area (Å²) in [6.45, 7) is 4.16. The molecular formula is C17H26O2S. The predicted octanol–water partition coefficient (Wildman–Crippen LogP) is 4.43. The van der Waals surface area contributed by atoms with Gasteiger partial charge >= 0.3 is 5.97 Å². The van der Waals surface area contributed by atoms with Crippen LogP contribution in [0.5, 0.6) is 0 Å². The molecule has 0 saturated carbocycles. The largest absolute Gasteiger partial charge is 0.462 e. The van der Waals surface area contributed by atoms with E-state index < -0.39 is 0 Å². The van der Waals surface area contributed by atoms with Crippen molar-refractivity contribution in [3.63, 3.8) is 0 Å². The van der Waals surface area contributed by atoms with Crippen LogP contribution in [0.25, 0.3) is 0 Å². The van der Waals surface area contributed by atoms with Crippen LogP contribution in [-0.4, -0.2) is 17.3 Å². The Morgan fingerprint density at radius 2 is 1.90 bits per heavy atom. The molecular weight excluding hydrogens is 268 g/mol. The average Bonchev–Trinajstić information content (AvgIpc) is 2.44. The van der Waals surface area contributed by atoms with Crippen molar-refractivity contribution >= 4 is 18.6 Å². The number of thiol groups is 1. The number of rotatable bonds is 9. The van der Waals surface area contributed by atoms with Crippen molar-refractivity contribution in [1.29, 1.82) is 0 Å². The lowest BCUT2D eigenvalue weighted by Crippen LogP contribution is -2.24. The smallest absolute Gasteiger partial charge is 0.319 e. The van der Waals surface area contributed by atoms with Crippen molar-refractivity contribution in [3.05, 3.63) is 35.9 Å². The summed E-state index contributed by atoms with van der Waals surface area (Å²) < 4.78 is 5.45. The zero-order chi connectivity index (χ0) is 14.8. The Morgan fingerprint density at radius 1 is 1.20 bits per heavy atom. The van der Waals surface area contributed by atoms with Crippen LogP contribution in [0.15, 0.2) is 30.3 Å². The Kier molecular flexibility index (Phi) is 8.43. The highest BCUT2D eigenvalue weighted by Crippen LogP contribution is 2.13. The molecule has 0 fully saturated rings. The summed E-state index contributed by atoms with van der Waals surface area (Å²) >= 11 is 4.36. The van der Waals surface area contributed by atoms with Gasteiger partial charge in [0, 0.05) is 0 Å². The SMILES string of the molecule is CCCCCCC(C)OC(=O)C(S)Cc1ccccc1. The molecule has 0 radical (unpaired) electrons. The van der Waals surface area contributed by atoms with Crippen LogP contribution in [0.4, 0.5) is 0 Å². The van der Waals surface area contributed by atoms with Gasteiger partial charge in [0.15, 0.2) is 0 Å². The van der Waals surface area contributed by atoms with Crippen molar-refractivity contribution in [3.8, 4) is 0 Å². The quantitative estimate of drug-likeness (QED) is 0.414. The van der Waals surface area contributed by atoms with E-state index in [0.717, 1.165) is 18.4 Å². The number of carbonyl (C=O) groups excluding carboxylic acids is 1. The summed E-state index contributed by atoms with van der Waals surface area (Å²) in [5, 5.41) is -0.379. The Balaban J connectivity index is 2.27. The standard InChI is InChI=1S/C17H26O2S/c1-3-4-5-7-10-14(2)19-17(18)16(20)13-15-11-8-6-9-12-15/h6,8-9,11-12,14,16,20H,3-5,7,10,13H2,1-2H3. The van der Waals surface area contributed by atoms with Crippen LogP contribution in [-0.2, 0) is 16.0 Å². The van der Waals surface area contributed by atoms with Gasteiger partial charge in [0.2, 0.25) is 0 Å². The van der Waals surface area contributed by atoms with Crippen molar-refractivity contribution < 1.29 is 9.53 Å². The summed E-state index contributed by atoms with van der Waals surface area (Å²) in [7, 11) is 0. The summed E-state index contributed by atoms with van der Waals surface area (Å²) in [6.07, 6.45) is 6.37. The molecule has 0 bridgehead atoms. The van der Waals surface area contributed by atoms with E-state index in [-0.39, 0.29) is 17.3 Å². The molecule has 0 aromatic heterocycles. The fourth-order valence-corrected chi connectivity index (χ4v) is 2.39. The number of hydrogen-bond donors (Lipinski definition) is 1. The third-order valence-electron chi connectivity index (χ3n) is 3.33. The Labute approximate surface area is 128 Å². The average molecular weight is 294 g/mol. The zero-order valence-corrected chi connectivity index (χ0v) is 13.4. The van der Waals surface area contributed by atoms with Crippen LogP contribution in [0, 0.1) is 0 Å². The van der Waals surface area contributed by atoms with Gasteiger partial charge < -0.3 is 4.74 Å². The predicted molar refractivity (Wildman–Crippen MR) is 87.2 cm³/mol. The van der Waals surface area contributed by atoms with Crippen LogP contribution in [0.3, 0.4) is 0 Å². The molecule has 3 heteroatoms. The molecule has 1 aromatic rings. The van der Waals surface area contributed by atoms with Crippen molar-refractivity contribution in [2.24, 2.45) is 0 Å². The first-order valence-electron chi connectivity index (χ1n) is 7.56. The first-order chi connectivity index (χ1) is 9.63. The fraction of sp³-hybridized carbons (Fsp3) is 0.588. The van der Waals surface area contributed by atoms with Crippen LogP contribution >= 0.6 is 12.6 Å². The number of esters is 1. The van der Waals surface area contributed by atoms with Gasteiger partial charge in [0.05, 0.1) is 6.10 Å². The lowest BCUT2D eigenvalue weighted by atomic mass is 10.1. The maximum atomic E-state index is 11.9. The number of carbonyl (C=O) groups is 1. The fourth-order valence-electron chi connectivity index (χ4n) is 2.12. The first-order valence-corrected chi connectivity index (χ1v) is 8.07. The maximum absolute atomic E-state index is 11.9. The maximum Gasteiger partial charge on any atom is 0.319 e. The highest BCUT2D eigenvalue weighted by atomic mass is 32.1. The lowest BCUT2D eigenvalue weighted by molar-refractivity contribution is -0.147. The third kappa shape index (κ3) is 6.99. The minimum Gasteiger partial charge on any atom is -0.462 e. The molecule has 2 unspecified atom stereocenters. The second-order valence-corrected chi connectivity index (χ2v) is 5.93. The summed E-state index contributed by atoms with van der Waals surface area (Å²) in [5.74, 6) is -0.208. The van der Waals surface area contributed by atoms with E-state index in [1.807, 2.05) is 37.3 Å². The van der Waals surface area contributed by atoms with Gasteiger partial charge in [-0.1, -0.05) is 56.5 Å². The van der Waals surface area contributed by atoms with Gasteiger partial charge in [0.25, 0.3) is 0 Å². The van der Waals surface area contributed by atoms with E-state index in [1.165, 1.54) is 19.3 Å². The van der Waals surface area contributed by atoms with Gasteiger partial charge in [-0.05, 0) is 31.7 Å². The molecule has 0 aliphatic rings. The molecule has 112 valence electrons. The molecule has 0 N–H and O–H groups in total. The summed E-state index contributed by atoms with van der Waals surface area (Å²) in [4.78, 5) is 11.9. The van der Waals surface area contributed by atoms with E-state index in [0.29, 0.717) is 6.42 Å². The summed E-state index contributed by atoms with van der Waals surface area (Å²) in [6, 6.07) is 9.91. The van der Waals surface area contributed by atoms with Gasteiger partial charge in [0.1, 0.15) is 5.25 Å². The Morgan fingerprint density at radius 3 is 2.55 bits per heavy atom. The number of benzene rings is 1. The van der Waals surface area contributed by atoms with Crippen LogP contribution in [0.2, 0.25) is 0 Å². The zero-order valence-electron chi connectivity index (χ0n) is 12.5. The Bertz CT molecular complexity index is 378. The minimum absolute atomic E-state index is 0.00946. The molecule has 2 nitrogen and oxygen atoms in total. The van der Waals surface area contributed by atoms with Crippen molar-refractivity contribution in [1.82, 2.24) is 0 Å². The van der Waals surface area contributed by atoms with Gasteiger partial charge in [-0.25, -0.2) is 0 Å². The molecule has 0 aliphatic heterocycles. The molecule has 2 atom stereocenters. The molecule has 0 heterocycles. The normalized spacial score (nSPS) is 13.8. The van der Waals surface area contributed by atoms with Crippen LogP contribution < -0.4 is 0 Å². The molecule has 0 saturated heterocycles. The van der Waals surface area contributed by atoms with E-state index in [2.05, 4.69) is 19.6 Å². The van der Waals surface area contributed by atoms with E-state index in [9.17, 15) is 4.79 Å². The van der Waals surface area contributed by atoms with E-state index in [1.54, 1.807) is 0 Å². The first kappa shape index (κ1) is 17.1. The number of ether oxygens (including phenoxy) is 1. The lowest BCUT2D eigenvalue weighted by Gasteiger charge is -2.16. The molecule has 0 spiro atoms. The second kappa shape index (κ2) is 9.87. The van der Waals surface area contributed by atoms with E-state index >= 15 is 0 Å². The molecule has 1 rings (SSSR count). The second-order valence-electron chi connectivity index (χ2n) is 5.30. The van der Waals surface area contributed by atoms with Crippen molar-refractivity contribution in [2.75, 3.05) is 0 Å². The van der Waals surface area contributed by atoms with E-state index in [4.69, 9.17) is 4.74 Å². The highest BCUT2D eigenvalue weighted by molar-refractivity contribution is 7.81. The minimum atomic E-state index is -0.379. The molecule has 20 heavy (non-hydrogen) atoms. The topological polar surface area (TPSA) is 26.3 Å². The monoisotopic (exact) mass is 294 g/mol. The molecule has 0 amide bonds. The third-order valence-corrected chi connectivity index (χ3v) is 3.72. The Hall–Kier alpha value is -0.960. The van der Waals surface area contributed by atoms with Gasteiger partial charge in [-0.3, -0.25) is 4.79 Å². The number of unbranched alkanes of at least 4 members (excludes halogenated alkanes) is 3. The highest BCUT2D eigenvalue weighted by Gasteiger charge is 2.18. The molecule has 1 aromatic carbocycles. The van der Waals surface area contributed by atoms with Gasteiger partial charge in [-0.15, -0.1) is 0 Å². The molecule has 0 aliphatic carbocycles. The summed E-state index contributed by atoms with van der Waals surface area (Å²) in [5.41, 5.74) is 1.11. The van der Waals surface area contributed by atoms with Crippen LogP contribution in [0.1, 0.15) is 51.5 Å². The number of hydrogen-bond acceptors (Lipinski definition) is 3.